The molecule has 0 unspecified atom stereocenters. The highest BCUT2D eigenvalue weighted by molar-refractivity contribution is 7.14. The van der Waals surface area contributed by atoms with Gasteiger partial charge in [0.05, 0.1) is 19.2 Å². The van der Waals surface area contributed by atoms with Gasteiger partial charge in [-0.15, -0.1) is 11.3 Å². The first-order valence-electron chi connectivity index (χ1n) is 9.48. The van der Waals surface area contributed by atoms with Gasteiger partial charge in [-0.3, -0.25) is 14.5 Å². The van der Waals surface area contributed by atoms with Crippen molar-refractivity contribution >= 4 is 39.2 Å². The number of ether oxygens (including phenoxy) is 1. The van der Waals surface area contributed by atoms with Crippen molar-refractivity contribution in [2.24, 2.45) is 0 Å². The number of carbonyl (C=O) groups excluding carboxylic acids is 2. The molecule has 4 rings (SSSR count). The summed E-state index contributed by atoms with van der Waals surface area (Å²) in [4.78, 5) is 30.5. The van der Waals surface area contributed by atoms with Gasteiger partial charge in [0, 0.05) is 29.0 Å². The maximum Gasteiger partial charge on any atom is 0.311 e. The Morgan fingerprint density at radius 2 is 1.83 bits per heavy atom. The lowest BCUT2D eigenvalue weighted by Gasteiger charge is -2.17. The molecule has 0 radical (unpaired) electrons. The Morgan fingerprint density at radius 1 is 1.10 bits per heavy atom. The second kappa shape index (κ2) is 8.51. The van der Waals surface area contributed by atoms with Crippen LogP contribution in [0.2, 0.25) is 0 Å². The van der Waals surface area contributed by atoms with Crippen LogP contribution >= 0.6 is 11.3 Å². The van der Waals surface area contributed by atoms with Gasteiger partial charge in [-0.2, -0.15) is 0 Å². The summed E-state index contributed by atoms with van der Waals surface area (Å²) in [6.45, 7) is 0.181. The molecule has 2 aromatic carbocycles. The van der Waals surface area contributed by atoms with E-state index in [0.29, 0.717) is 10.8 Å². The SMILES string of the molecule is COC(=O)Cc1csc(N(C)C(=O)Cn2c(-c3ccccc3)cc3ccccc32)n1. The molecule has 4 aromatic rings. The summed E-state index contributed by atoms with van der Waals surface area (Å²) >= 11 is 1.33. The van der Waals surface area contributed by atoms with Crippen molar-refractivity contribution in [2.45, 2.75) is 13.0 Å². The average molecular weight is 420 g/mol. The van der Waals surface area contributed by atoms with E-state index in [1.807, 2.05) is 59.2 Å². The van der Waals surface area contributed by atoms with Crippen molar-refractivity contribution in [1.82, 2.24) is 9.55 Å². The Kier molecular flexibility index (Phi) is 5.63. The van der Waals surface area contributed by atoms with E-state index in [1.165, 1.54) is 23.3 Å². The number of carbonyl (C=O) groups is 2. The highest BCUT2D eigenvalue weighted by Crippen LogP contribution is 2.29. The first-order valence-corrected chi connectivity index (χ1v) is 10.4. The molecule has 6 nitrogen and oxygen atoms in total. The summed E-state index contributed by atoms with van der Waals surface area (Å²) < 4.78 is 6.71. The third kappa shape index (κ3) is 3.97. The van der Waals surface area contributed by atoms with E-state index in [9.17, 15) is 9.59 Å². The lowest BCUT2D eigenvalue weighted by atomic mass is 10.1. The number of thiazole rings is 1. The summed E-state index contributed by atoms with van der Waals surface area (Å²) in [6, 6.07) is 20.2. The summed E-state index contributed by atoms with van der Waals surface area (Å²) in [5, 5.41) is 3.41. The Bertz CT molecular complexity index is 1200. The van der Waals surface area contributed by atoms with E-state index in [2.05, 4.69) is 15.8 Å². The molecule has 0 aliphatic rings. The van der Waals surface area contributed by atoms with E-state index in [-0.39, 0.29) is 24.8 Å². The van der Waals surface area contributed by atoms with Gasteiger partial charge < -0.3 is 9.30 Å². The maximum absolute atomic E-state index is 13.1. The second-order valence-corrected chi connectivity index (χ2v) is 7.70. The van der Waals surface area contributed by atoms with Gasteiger partial charge in [0.25, 0.3) is 0 Å². The van der Waals surface area contributed by atoms with Crippen LogP contribution in [0, 0.1) is 0 Å². The molecule has 0 aliphatic heterocycles. The van der Waals surface area contributed by atoms with E-state index >= 15 is 0 Å². The van der Waals surface area contributed by atoms with E-state index in [1.54, 1.807) is 12.4 Å². The Balaban J connectivity index is 1.62. The van der Waals surface area contributed by atoms with Crippen LogP contribution < -0.4 is 4.90 Å². The molecule has 152 valence electrons. The smallest absolute Gasteiger partial charge is 0.311 e. The number of nitrogens with zero attached hydrogens (tertiary/aromatic N) is 3. The Labute approximate surface area is 178 Å². The molecule has 0 saturated carbocycles. The molecule has 0 bridgehead atoms. The zero-order valence-corrected chi connectivity index (χ0v) is 17.6. The first kappa shape index (κ1) is 19.8. The normalized spacial score (nSPS) is 10.9. The quantitative estimate of drug-likeness (QED) is 0.441. The molecular formula is C23H21N3O3S. The summed E-state index contributed by atoms with van der Waals surface area (Å²) in [6.07, 6.45) is 0.0927. The lowest BCUT2D eigenvalue weighted by molar-refractivity contribution is -0.139. The number of fused-ring (bicyclic) bond motifs is 1. The summed E-state index contributed by atoms with van der Waals surface area (Å²) in [5.41, 5.74) is 3.64. The van der Waals surface area contributed by atoms with Crippen molar-refractivity contribution in [3.8, 4) is 11.3 Å². The molecule has 30 heavy (non-hydrogen) atoms. The molecule has 0 atom stereocenters. The Hall–Kier alpha value is -3.45. The number of esters is 1. The molecule has 1 amide bonds. The van der Waals surface area contributed by atoms with Gasteiger partial charge in [0.2, 0.25) is 5.91 Å². The minimum atomic E-state index is -0.354. The molecule has 2 heterocycles. The monoisotopic (exact) mass is 419 g/mol. The number of benzene rings is 2. The molecule has 2 aromatic heterocycles. The van der Waals surface area contributed by atoms with Crippen LogP contribution in [-0.4, -0.2) is 35.6 Å². The topological polar surface area (TPSA) is 64.4 Å². The molecule has 0 spiro atoms. The number of hydrogen-bond acceptors (Lipinski definition) is 5. The second-order valence-electron chi connectivity index (χ2n) is 6.87. The molecule has 0 saturated heterocycles. The van der Waals surface area contributed by atoms with Crippen LogP contribution in [0.4, 0.5) is 5.13 Å². The van der Waals surface area contributed by atoms with Gasteiger partial charge in [0.1, 0.15) is 6.54 Å². The number of para-hydroxylation sites is 1. The van der Waals surface area contributed by atoms with Gasteiger partial charge in [0.15, 0.2) is 5.13 Å². The molecule has 0 N–H and O–H groups in total. The van der Waals surface area contributed by atoms with Crippen LogP contribution in [0.25, 0.3) is 22.2 Å². The number of methoxy groups -OCH3 is 1. The number of hydrogen-bond donors (Lipinski definition) is 0. The first-order chi connectivity index (χ1) is 14.6. The fourth-order valence-electron chi connectivity index (χ4n) is 3.33. The van der Waals surface area contributed by atoms with Crippen LogP contribution in [0.5, 0.6) is 0 Å². The minimum Gasteiger partial charge on any atom is -0.469 e. The van der Waals surface area contributed by atoms with E-state index in [0.717, 1.165) is 22.2 Å². The summed E-state index contributed by atoms with van der Waals surface area (Å²) in [7, 11) is 3.05. The van der Waals surface area contributed by atoms with Crippen molar-refractivity contribution in [3.05, 3.63) is 71.7 Å². The maximum atomic E-state index is 13.1. The van der Waals surface area contributed by atoms with Gasteiger partial charge >= 0.3 is 5.97 Å². The highest BCUT2D eigenvalue weighted by Gasteiger charge is 2.19. The van der Waals surface area contributed by atoms with Crippen LogP contribution in [0.15, 0.2) is 66.0 Å². The van der Waals surface area contributed by atoms with Crippen LogP contribution in [0.3, 0.4) is 0 Å². The predicted octanol–water partition coefficient (Wildman–Crippen LogP) is 4.14. The fraction of sp³-hybridized carbons (Fsp3) is 0.174. The van der Waals surface area contributed by atoms with E-state index in [4.69, 9.17) is 0 Å². The van der Waals surface area contributed by atoms with E-state index < -0.39 is 0 Å². The number of amides is 1. The molecule has 0 fully saturated rings. The predicted molar refractivity (Wildman–Crippen MR) is 119 cm³/mol. The van der Waals surface area contributed by atoms with Crippen molar-refractivity contribution in [1.29, 1.82) is 0 Å². The van der Waals surface area contributed by atoms with Gasteiger partial charge in [-0.25, -0.2) is 4.98 Å². The Morgan fingerprint density at radius 3 is 2.60 bits per heavy atom. The molecule has 0 aliphatic carbocycles. The van der Waals surface area contributed by atoms with Gasteiger partial charge in [-0.05, 0) is 17.7 Å². The third-order valence-electron chi connectivity index (χ3n) is 4.93. The van der Waals surface area contributed by atoms with Crippen molar-refractivity contribution in [2.75, 3.05) is 19.1 Å². The van der Waals surface area contributed by atoms with Crippen molar-refractivity contribution in [3.63, 3.8) is 0 Å². The summed E-state index contributed by atoms with van der Waals surface area (Å²) in [5.74, 6) is -0.445. The zero-order valence-electron chi connectivity index (χ0n) is 16.7. The minimum absolute atomic E-state index is 0.0903. The third-order valence-corrected chi connectivity index (χ3v) is 5.89. The average Bonchev–Trinajstić information content (AvgIpc) is 3.38. The van der Waals surface area contributed by atoms with Crippen molar-refractivity contribution < 1.29 is 14.3 Å². The standard InChI is InChI=1S/C23H21N3O3S/c1-25(23-24-18(15-30-23)13-22(28)29-2)21(27)14-26-19-11-7-6-10-17(19)12-20(26)16-8-4-3-5-9-16/h3-12,15H,13-14H2,1-2H3. The number of likely N-dealkylation sites (N-methyl/N-ethyl adjacent to an activating group) is 1. The molecule has 7 heteroatoms. The van der Waals surface area contributed by atoms with Gasteiger partial charge in [-0.1, -0.05) is 48.5 Å². The zero-order chi connectivity index (χ0) is 21.1. The number of aromatic nitrogens is 2. The highest BCUT2D eigenvalue weighted by atomic mass is 32.1. The number of rotatable bonds is 6. The van der Waals surface area contributed by atoms with Crippen LogP contribution in [0.1, 0.15) is 5.69 Å². The molecular weight excluding hydrogens is 398 g/mol. The number of anilines is 1. The lowest BCUT2D eigenvalue weighted by Crippen LogP contribution is -2.30. The largest absolute Gasteiger partial charge is 0.469 e. The van der Waals surface area contributed by atoms with Crippen LogP contribution in [-0.2, 0) is 27.3 Å². The fourth-order valence-corrected chi connectivity index (χ4v) is 4.14.